The van der Waals surface area contributed by atoms with Gasteiger partial charge in [-0.1, -0.05) is 12.1 Å². The lowest BCUT2D eigenvalue weighted by Crippen LogP contribution is -2.32. The van der Waals surface area contributed by atoms with Crippen molar-refractivity contribution in [3.05, 3.63) is 35.6 Å². The number of carbonyl (C=O) groups is 2. The maximum absolute atomic E-state index is 12.7. The lowest BCUT2D eigenvalue weighted by atomic mass is 10.2. The fraction of sp³-hybridized carbons (Fsp3) is 0.467. The Morgan fingerprint density at radius 2 is 1.76 bits per heavy atom. The quantitative estimate of drug-likeness (QED) is 0.799. The van der Waals surface area contributed by atoms with E-state index < -0.39 is 0 Å². The van der Waals surface area contributed by atoms with E-state index in [1.807, 2.05) is 13.8 Å². The Morgan fingerprint density at radius 1 is 1.14 bits per heavy atom. The molecule has 1 rings (SSSR count). The molecule has 116 valence electrons. The van der Waals surface area contributed by atoms with Crippen molar-refractivity contribution in [2.24, 2.45) is 0 Å². The molecule has 1 aromatic rings. The zero-order valence-electron chi connectivity index (χ0n) is 12.4. The highest BCUT2D eigenvalue weighted by molar-refractivity contribution is 8.00. The second kappa shape index (κ2) is 9.39. The fourth-order valence-corrected chi connectivity index (χ4v) is 2.50. The van der Waals surface area contributed by atoms with Crippen molar-refractivity contribution in [2.45, 2.75) is 20.4 Å². The van der Waals surface area contributed by atoms with Gasteiger partial charge in [0.15, 0.2) is 0 Å². The first-order valence-corrected chi connectivity index (χ1v) is 8.09. The van der Waals surface area contributed by atoms with E-state index in [1.54, 1.807) is 17.0 Å². The Labute approximate surface area is 129 Å². The first-order valence-electron chi connectivity index (χ1n) is 6.93. The third-order valence-corrected chi connectivity index (χ3v) is 3.90. The second-order valence-corrected chi connectivity index (χ2v) is 5.45. The number of hydrogen-bond donors (Lipinski definition) is 1. The van der Waals surface area contributed by atoms with Gasteiger partial charge in [-0.05, 0) is 31.5 Å². The summed E-state index contributed by atoms with van der Waals surface area (Å²) in [5, 5.41) is 2.74. The average Bonchev–Trinajstić information content (AvgIpc) is 2.48. The molecule has 0 saturated heterocycles. The fourth-order valence-electron chi connectivity index (χ4n) is 1.75. The van der Waals surface area contributed by atoms with Crippen LogP contribution in [0.15, 0.2) is 24.3 Å². The molecule has 4 nitrogen and oxygen atoms in total. The Morgan fingerprint density at radius 3 is 2.33 bits per heavy atom. The summed E-state index contributed by atoms with van der Waals surface area (Å²) in [4.78, 5) is 25.1. The number of thioether (sulfide) groups is 1. The van der Waals surface area contributed by atoms with Crippen LogP contribution in [0.1, 0.15) is 19.4 Å². The number of benzene rings is 1. The van der Waals surface area contributed by atoms with Crippen molar-refractivity contribution in [3.8, 4) is 0 Å². The normalized spacial score (nSPS) is 10.2. The molecule has 0 saturated carbocycles. The Kier molecular flexibility index (Phi) is 7.82. The number of nitrogens with one attached hydrogen (secondary N) is 1. The first kappa shape index (κ1) is 17.5. The molecule has 0 heterocycles. The second-order valence-electron chi connectivity index (χ2n) is 4.46. The highest BCUT2D eigenvalue weighted by Crippen LogP contribution is 2.04. The van der Waals surface area contributed by atoms with Crippen molar-refractivity contribution in [1.29, 1.82) is 0 Å². The van der Waals surface area contributed by atoms with Gasteiger partial charge in [-0.3, -0.25) is 9.59 Å². The van der Waals surface area contributed by atoms with Gasteiger partial charge in [-0.2, -0.15) is 0 Å². The van der Waals surface area contributed by atoms with Crippen LogP contribution < -0.4 is 5.32 Å². The minimum Gasteiger partial charge on any atom is -0.351 e. The molecule has 1 N–H and O–H groups in total. The van der Waals surface area contributed by atoms with E-state index in [0.29, 0.717) is 25.4 Å². The predicted molar refractivity (Wildman–Crippen MR) is 83.5 cm³/mol. The Hall–Kier alpha value is -1.56. The van der Waals surface area contributed by atoms with Crippen LogP contribution in [0.5, 0.6) is 0 Å². The lowest BCUT2D eigenvalue weighted by Gasteiger charge is -2.18. The standard InChI is InChI=1S/C15H21FN2O2S/c1-3-18(4-2)15(20)11-21-10-14(19)17-9-12-5-7-13(16)8-6-12/h5-8H,3-4,9-11H2,1-2H3,(H,17,19). The maximum atomic E-state index is 12.7. The molecule has 0 spiro atoms. The molecule has 0 radical (unpaired) electrons. The van der Waals surface area contributed by atoms with Crippen molar-refractivity contribution < 1.29 is 14.0 Å². The molecule has 0 aliphatic heterocycles. The summed E-state index contributed by atoms with van der Waals surface area (Å²) in [6.45, 7) is 5.60. The maximum Gasteiger partial charge on any atom is 0.232 e. The van der Waals surface area contributed by atoms with Crippen LogP contribution in [-0.4, -0.2) is 41.3 Å². The Bertz CT molecular complexity index is 461. The molecule has 1 aromatic carbocycles. The summed E-state index contributed by atoms with van der Waals surface area (Å²) in [6.07, 6.45) is 0. The van der Waals surface area contributed by atoms with Gasteiger partial charge in [0.2, 0.25) is 11.8 Å². The monoisotopic (exact) mass is 312 g/mol. The van der Waals surface area contributed by atoms with Crippen molar-refractivity contribution >= 4 is 23.6 Å². The van der Waals surface area contributed by atoms with Crippen LogP contribution in [0.2, 0.25) is 0 Å². The van der Waals surface area contributed by atoms with E-state index in [9.17, 15) is 14.0 Å². The highest BCUT2D eigenvalue weighted by Gasteiger charge is 2.10. The zero-order chi connectivity index (χ0) is 15.7. The molecule has 0 aliphatic carbocycles. The van der Waals surface area contributed by atoms with Crippen molar-refractivity contribution in [2.75, 3.05) is 24.6 Å². The topological polar surface area (TPSA) is 49.4 Å². The van der Waals surface area contributed by atoms with Crippen LogP contribution in [0.3, 0.4) is 0 Å². The lowest BCUT2D eigenvalue weighted by molar-refractivity contribution is -0.127. The molecule has 0 fully saturated rings. The number of rotatable bonds is 8. The van der Waals surface area contributed by atoms with E-state index in [0.717, 1.165) is 5.56 Å². The summed E-state index contributed by atoms with van der Waals surface area (Å²) < 4.78 is 12.7. The molecular formula is C15H21FN2O2S. The van der Waals surface area contributed by atoms with Crippen molar-refractivity contribution in [1.82, 2.24) is 10.2 Å². The third-order valence-electron chi connectivity index (χ3n) is 2.98. The smallest absolute Gasteiger partial charge is 0.232 e. The average molecular weight is 312 g/mol. The number of amides is 2. The summed E-state index contributed by atoms with van der Waals surface area (Å²) in [5.74, 6) is 0.184. The summed E-state index contributed by atoms with van der Waals surface area (Å²) in [5.41, 5.74) is 0.842. The van der Waals surface area contributed by atoms with Gasteiger partial charge < -0.3 is 10.2 Å². The van der Waals surface area contributed by atoms with E-state index >= 15 is 0 Å². The minimum absolute atomic E-state index is 0.0522. The van der Waals surface area contributed by atoms with Crippen LogP contribution in [0.25, 0.3) is 0 Å². The third kappa shape index (κ3) is 6.62. The SMILES string of the molecule is CCN(CC)C(=O)CSCC(=O)NCc1ccc(F)cc1. The number of nitrogens with zero attached hydrogens (tertiary/aromatic N) is 1. The van der Waals surface area contributed by atoms with Crippen LogP contribution in [-0.2, 0) is 16.1 Å². The van der Waals surface area contributed by atoms with Gasteiger partial charge in [0.25, 0.3) is 0 Å². The number of hydrogen-bond acceptors (Lipinski definition) is 3. The summed E-state index contributed by atoms with van der Waals surface area (Å²) in [7, 11) is 0. The zero-order valence-corrected chi connectivity index (χ0v) is 13.2. The molecule has 0 aromatic heterocycles. The van der Waals surface area contributed by atoms with Crippen LogP contribution in [0, 0.1) is 5.82 Å². The van der Waals surface area contributed by atoms with Crippen molar-refractivity contribution in [3.63, 3.8) is 0 Å². The minimum atomic E-state index is -0.296. The molecule has 2 amide bonds. The summed E-state index contributed by atoms with van der Waals surface area (Å²) >= 11 is 1.30. The van der Waals surface area contributed by atoms with E-state index in [4.69, 9.17) is 0 Å². The van der Waals surface area contributed by atoms with Gasteiger partial charge >= 0.3 is 0 Å². The van der Waals surface area contributed by atoms with Gasteiger partial charge in [0.05, 0.1) is 11.5 Å². The van der Waals surface area contributed by atoms with Crippen LogP contribution >= 0.6 is 11.8 Å². The Balaban J connectivity index is 2.22. The van der Waals surface area contributed by atoms with Gasteiger partial charge in [-0.25, -0.2) is 4.39 Å². The van der Waals surface area contributed by atoms with Gasteiger partial charge in [0, 0.05) is 19.6 Å². The number of halogens is 1. The molecule has 0 aliphatic rings. The molecular weight excluding hydrogens is 291 g/mol. The molecule has 21 heavy (non-hydrogen) atoms. The first-order chi connectivity index (χ1) is 10.1. The highest BCUT2D eigenvalue weighted by atomic mass is 32.2. The molecule has 6 heteroatoms. The molecule has 0 unspecified atom stereocenters. The summed E-state index contributed by atoms with van der Waals surface area (Å²) in [6, 6.07) is 5.98. The largest absolute Gasteiger partial charge is 0.351 e. The predicted octanol–water partition coefficient (Wildman–Crippen LogP) is 2.04. The van der Waals surface area contributed by atoms with E-state index in [2.05, 4.69) is 5.32 Å². The molecule has 0 bridgehead atoms. The molecule has 0 atom stereocenters. The van der Waals surface area contributed by atoms with Crippen LogP contribution in [0.4, 0.5) is 4.39 Å². The van der Waals surface area contributed by atoms with Gasteiger partial charge in [-0.15, -0.1) is 11.8 Å². The van der Waals surface area contributed by atoms with E-state index in [-0.39, 0.29) is 23.4 Å². The van der Waals surface area contributed by atoms with Gasteiger partial charge in [0.1, 0.15) is 5.82 Å². The van der Waals surface area contributed by atoms with E-state index in [1.165, 1.54) is 23.9 Å². The number of carbonyl (C=O) groups excluding carboxylic acids is 2.